The Labute approximate surface area is 55.5 Å². The Morgan fingerprint density at radius 3 is 2.56 bits per heavy atom. The summed E-state index contributed by atoms with van der Waals surface area (Å²) in [4.78, 5) is 10.6. The molecule has 2 nitrogen and oxygen atoms in total. The van der Waals surface area contributed by atoms with Gasteiger partial charge in [0.05, 0.1) is 12.9 Å². The Kier molecular flexibility index (Phi) is 3.76. The highest BCUT2D eigenvalue weighted by atomic mass is 16.5. The lowest BCUT2D eigenvalue weighted by Gasteiger charge is -1.94. The van der Waals surface area contributed by atoms with Gasteiger partial charge in [0.25, 0.3) is 0 Å². The molecule has 0 heterocycles. The van der Waals surface area contributed by atoms with Crippen LogP contribution >= 0.6 is 0 Å². The van der Waals surface area contributed by atoms with Crippen LogP contribution < -0.4 is 0 Å². The summed E-state index contributed by atoms with van der Waals surface area (Å²) in [5.74, 6) is 0.774. The number of hydrogen-bond donors (Lipinski definition) is 0. The van der Waals surface area contributed by atoms with E-state index < -0.39 is 0 Å². The van der Waals surface area contributed by atoms with E-state index in [1.165, 1.54) is 6.08 Å². The molecule has 0 bridgehead atoms. The molecule has 0 saturated heterocycles. The average molecular weight is 128 g/mol. The van der Waals surface area contributed by atoms with Crippen LogP contribution in [0.3, 0.4) is 0 Å². The summed E-state index contributed by atoms with van der Waals surface area (Å²) < 4.78 is 4.76. The molecule has 0 atom stereocenters. The van der Waals surface area contributed by atoms with E-state index in [9.17, 15) is 4.79 Å². The number of ketones is 1. The fourth-order valence-electron chi connectivity index (χ4n) is 0.388. The van der Waals surface area contributed by atoms with Gasteiger partial charge in [0.2, 0.25) is 0 Å². The molecular weight excluding hydrogens is 116 g/mol. The van der Waals surface area contributed by atoms with Gasteiger partial charge in [-0.15, -0.1) is 0 Å². The normalized spacial score (nSPS) is 11.2. The summed E-state index contributed by atoms with van der Waals surface area (Å²) in [6.45, 7) is 3.58. The van der Waals surface area contributed by atoms with E-state index >= 15 is 0 Å². The van der Waals surface area contributed by atoms with Gasteiger partial charge in [-0.3, -0.25) is 4.79 Å². The van der Waals surface area contributed by atoms with Crippen molar-refractivity contribution >= 4 is 5.78 Å². The SMILES string of the molecule is CCC(=O)C=C(C)OC. The molecule has 0 amide bonds. The Morgan fingerprint density at radius 2 is 2.22 bits per heavy atom. The van der Waals surface area contributed by atoms with Crippen LogP contribution in [0.4, 0.5) is 0 Å². The van der Waals surface area contributed by atoms with Gasteiger partial charge in [-0.2, -0.15) is 0 Å². The molecule has 0 aliphatic heterocycles. The number of allylic oxidation sites excluding steroid dienone is 2. The molecule has 0 aliphatic rings. The lowest BCUT2D eigenvalue weighted by molar-refractivity contribution is -0.114. The van der Waals surface area contributed by atoms with Crippen LogP contribution in [0.5, 0.6) is 0 Å². The summed E-state index contributed by atoms with van der Waals surface area (Å²) in [5.41, 5.74) is 0. The maximum atomic E-state index is 10.6. The van der Waals surface area contributed by atoms with Crippen molar-refractivity contribution in [1.29, 1.82) is 0 Å². The molecule has 52 valence electrons. The van der Waals surface area contributed by atoms with Crippen LogP contribution in [-0.4, -0.2) is 12.9 Å². The Morgan fingerprint density at radius 1 is 1.67 bits per heavy atom. The molecule has 0 spiro atoms. The van der Waals surface area contributed by atoms with Gasteiger partial charge in [0.15, 0.2) is 5.78 Å². The maximum absolute atomic E-state index is 10.6. The molecule has 0 aromatic carbocycles. The first-order chi connectivity index (χ1) is 4.20. The third-order valence-corrected chi connectivity index (χ3v) is 1.03. The predicted molar refractivity (Wildman–Crippen MR) is 36.1 cm³/mol. The van der Waals surface area contributed by atoms with Gasteiger partial charge in [0, 0.05) is 12.5 Å². The highest BCUT2D eigenvalue weighted by Crippen LogP contribution is 1.93. The summed E-state index contributed by atoms with van der Waals surface area (Å²) in [7, 11) is 1.55. The average Bonchev–Trinajstić information content (AvgIpc) is 1.87. The molecule has 2 heteroatoms. The predicted octanol–water partition coefficient (Wildman–Crippen LogP) is 1.52. The van der Waals surface area contributed by atoms with Gasteiger partial charge < -0.3 is 4.74 Å². The van der Waals surface area contributed by atoms with Gasteiger partial charge in [-0.1, -0.05) is 6.92 Å². The zero-order chi connectivity index (χ0) is 7.28. The first kappa shape index (κ1) is 8.21. The van der Waals surface area contributed by atoms with Gasteiger partial charge in [-0.05, 0) is 6.92 Å². The van der Waals surface area contributed by atoms with E-state index in [-0.39, 0.29) is 5.78 Å². The van der Waals surface area contributed by atoms with Crippen molar-refractivity contribution in [3.8, 4) is 0 Å². The maximum Gasteiger partial charge on any atom is 0.158 e. The van der Waals surface area contributed by atoms with Crippen LogP contribution in [0.1, 0.15) is 20.3 Å². The molecule has 0 N–H and O–H groups in total. The first-order valence-electron chi connectivity index (χ1n) is 2.95. The third kappa shape index (κ3) is 3.76. The van der Waals surface area contributed by atoms with Crippen molar-refractivity contribution in [3.05, 3.63) is 11.8 Å². The van der Waals surface area contributed by atoms with Crippen molar-refractivity contribution < 1.29 is 9.53 Å². The number of ether oxygens (including phenoxy) is 1. The summed E-state index contributed by atoms with van der Waals surface area (Å²) in [6, 6.07) is 0. The largest absolute Gasteiger partial charge is 0.501 e. The lowest BCUT2D eigenvalue weighted by atomic mass is 10.3. The van der Waals surface area contributed by atoms with Crippen molar-refractivity contribution in [2.45, 2.75) is 20.3 Å². The van der Waals surface area contributed by atoms with Crippen LogP contribution in [0.15, 0.2) is 11.8 Å². The monoisotopic (exact) mass is 128 g/mol. The highest BCUT2D eigenvalue weighted by molar-refractivity contribution is 5.89. The molecule has 0 aromatic heterocycles. The van der Waals surface area contributed by atoms with E-state index in [1.807, 2.05) is 6.92 Å². The molecule has 0 rings (SSSR count). The number of hydrogen-bond acceptors (Lipinski definition) is 2. The second-order valence-electron chi connectivity index (χ2n) is 1.78. The van der Waals surface area contributed by atoms with Crippen LogP contribution in [0.2, 0.25) is 0 Å². The second-order valence-corrected chi connectivity index (χ2v) is 1.78. The van der Waals surface area contributed by atoms with Crippen molar-refractivity contribution in [3.63, 3.8) is 0 Å². The quantitative estimate of drug-likeness (QED) is 0.425. The Hall–Kier alpha value is -0.790. The molecular formula is C7H12O2. The number of carbonyl (C=O) groups excluding carboxylic acids is 1. The highest BCUT2D eigenvalue weighted by Gasteiger charge is 1.92. The number of methoxy groups -OCH3 is 1. The molecule has 0 radical (unpaired) electrons. The minimum Gasteiger partial charge on any atom is -0.501 e. The summed E-state index contributed by atoms with van der Waals surface area (Å²) >= 11 is 0. The molecule has 0 unspecified atom stereocenters. The zero-order valence-electron chi connectivity index (χ0n) is 6.10. The van der Waals surface area contributed by atoms with Crippen molar-refractivity contribution in [2.75, 3.05) is 7.11 Å². The number of carbonyl (C=O) groups is 1. The fourth-order valence-corrected chi connectivity index (χ4v) is 0.388. The van der Waals surface area contributed by atoms with E-state index in [0.29, 0.717) is 12.2 Å². The third-order valence-electron chi connectivity index (χ3n) is 1.03. The van der Waals surface area contributed by atoms with Crippen LogP contribution in [-0.2, 0) is 9.53 Å². The molecule has 9 heavy (non-hydrogen) atoms. The standard InChI is InChI=1S/C7H12O2/c1-4-7(8)5-6(2)9-3/h5H,4H2,1-3H3. The van der Waals surface area contributed by atoms with Crippen molar-refractivity contribution in [1.82, 2.24) is 0 Å². The van der Waals surface area contributed by atoms with E-state index in [4.69, 9.17) is 4.74 Å². The fraction of sp³-hybridized carbons (Fsp3) is 0.571. The van der Waals surface area contributed by atoms with Gasteiger partial charge in [-0.25, -0.2) is 0 Å². The minimum atomic E-state index is 0.106. The van der Waals surface area contributed by atoms with Crippen LogP contribution in [0.25, 0.3) is 0 Å². The summed E-state index contributed by atoms with van der Waals surface area (Å²) in [5, 5.41) is 0. The van der Waals surface area contributed by atoms with Crippen molar-refractivity contribution in [2.24, 2.45) is 0 Å². The van der Waals surface area contributed by atoms with Crippen LogP contribution in [0, 0.1) is 0 Å². The van der Waals surface area contributed by atoms with Gasteiger partial charge >= 0.3 is 0 Å². The number of rotatable bonds is 3. The molecule has 0 saturated carbocycles. The Balaban J connectivity index is 3.79. The van der Waals surface area contributed by atoms with Gasteiger partial charge in [0.1, 0.15) is 0 Å². The second kappa shape index (κ2) is 4.13. The topological polar surface area (TPSA) is 26.3 Å². The lowest BCUT2D eigenvalue weighted by Crippen LogP contribution is -1.91. The minimum absolute atomic E-state index is 0.106. The molecule has 0 aromatic rings. The van der Waals surface area contributed by atoms with E-state index in [1.54, 1.807) is 14.0 Å². The molecule has 0 aliphatic carbocycles. The smallest absolute Gasteiger partial charge is 0.158 e. The van der Waals surface area contributed by atoms with E-state index in [2.05, 4.69) is 0 Å². The zero-order valence-corrected chi connectivity index (χ0v) is 6.10. The van der Waals surface area contributed by atoms with E-state index in [0.717, 1.165) is 0 Å². The Bertz CT molecular complexity index is 125. The summed E-state index contributed by atoms with van der Waals surface area (Å²) in [6.07, 6.45) is 2.04. The first-order valence-corrected chi connectivity index (χ1v) is 2.95. The molecule has 0 fully saturated rings.